The minimum Gasteiger partial charge on any atom is -0.351 e. The minimum atomic E-state index is 0.0358. The van der Waals surface area contributed by atoms with Crippen LogP contribution in [0.3, 0.4) is 0 Å². The summed E-state index contributed by atoms with van der Waals surface area (Å²) >= 11 is 1.66. The number of nitrogens with one attached hydrogen (secondary N) is 2. The summed E-state index contributed by atoms with van der Waals surface area (Å²) in [5, 5.41) is 10.2. The summed E-state index contributed by atoms with van der Waals surface area (Å²) in [5.74, 6) is 0.133. The molecule has 2 N–H and O–H groups in total. The highest BCUT2D eigenvalue weighted by molar-refractivity contribution is 7.07. The first-order valence-corrected chi connectivity index (χ1v) is 5.83. The van der Waals surface area contributed by atoms with Gasteiger partial charge in [0.2, 0.25) is 5.91 Å². The van der Waals surface area contributed by atoms with Crippen LogP contribution in [0.2, 0.25) is 0 Å². The van der Waals surface area contributed by atoms with E-state index in [0.717, 1.165) is 19.4 Å². The molecule has 1 aliphatic heterocycles. The van der Waals surface area contributed by atoms with Crippen LogP contribution in [0, 0.1) is 0 Å². The lowest BCUT2D eigenvalue weighted by Crippen LogP contribution is -2.39. The summed E-state index contributed by atoms with van der Waals surface area (Å²) in [6.07, 6.45) is 2.08. The molecule has 4 heteroatoms. The highest BCUT2D eigenvalue weighted by Crippen LogP contribution is 2.07. The van der Waals surface area contributed by atoms with Crippen molar-refractivity contribution < 1.29 is 4.79 Å². The van der Waals surface area contributed by atoms with Gasteiger partial charge in [-0.1, -0.05) is 0 Å². The van der Waals surface area contributed by atoms with Crippen LogP contribution in [0.1, 0.15) is 18.4 Å². The van der Waals surface area contributed by atoms with Crippen molar-refractivity contribution in [3.8, 4) is 0 Å². The zero-order valence-corrected chi connectivity index (χ0v) is 8.77. The van der Waals surface area contributed by atoms with Gasteiger partial charge in [0.25, 0.3) is 0 Å². The summed E-state index contributed by atoms with van der Waals surface area (Å²) in [5.41, 5.74) is 1.18. The van der Waals surface area contributed by atoms with Gasteiger partial charge >= 0.3 is 0 Å². The molecule has 2 heterocycles. The molecule has 0 radical (unpaired) electrons. The van der Waals surface area contributed by atoms with Gasteiger partial charge < -0.3 is 10.6 Å². The molecule has 14 heavy (non-hydrogen) atoms. The van der Waals surface area contributed by atoms with Crippen LogP contribution in [-0.2, 0) is 11.3 Å². The number of carbonyl (C=O) groups excluding carboxylic acids is 1. The van der Waals surface area contributed by atoms with Crippen molar-refractivity contribution >= 4 is 17.2 Å². The Hall–Kier alpha value is -0.870. The van der Waals surface area contributed by atoms with Gasteiger partial charge in [0.15, 0.2) is 0 Å². The third kappa shape index (κ3) is 2.33. The van der Waals surface area contributed by atoms with E-state index in [4.69, 9.17) is 0 Å². The fourth-order valence-electron chi connectivity index (χ4n) is 1.61. The lowest BCUT2D eigenvalue weighted by Gasteiger charge is -2.09. The van der Waals surface area contributed by atoms with Gasteiger partial charge in [-0.25, -0.2) is 0 Å². The molecule has 0 aromatic carbocycles. The molecule has 76 valence electrons. The molecule has 1 aromatic heterocycles. The van der Waals surface area contributed by atoms with Crippen LogP contribution >= 0.6 is 11.3 Å². The van der Waals surface area contributed by atoms with Crippen molar-refractivity contribution in [3.05, 3.63) is 22.4 Å². The molecule has 0 unspecified atom stereocenters. The molecule has 2 rings (SSSR count). The number of thiophene rings is 1. The third-order valence-electron chi connectivity index (χ3n) is 2.42. The Morgan fingerprint density at radius 3 is 3.29 bits per heavy atom. The Bertz CT molecular complexity index is 291. The molecular formula is C10H14N2OS. The van der Waals surface area contributed by atoms with Crippen molar-refractivity contribution in [3.63, 3.8) is 0 Å². The molecule has 0 saturated carbocycles. The molecule has 1 saturated heterocycles. The zero-order chi connectivity index (χ0) is 9.80. The smallest absolute Gasteiger partial charge is 0.237 e. The van der Waals surface area contributed by atoms with Crippen molar-refractivity contribution in [1.29, 1.82) is 0 Å². The van der Waals surface area contributed by atoms with Crippen LogP contribution in [0.15, 0.2) is 16.8 Å². The summed E-state index contributed by atoms with van der Waals surface area (Å²) in [4.78, 5) is 11.6. The second kappa shape index (κ2) is 4.57. The maximum Gasteiger partial charge on any atom is 0.237 e. The van der Waals surface area contributed by atoms with Crippen LogP contribution in [0.5, 0.6) is 0 Å². The number of hydrogen-bond acceptors (Lipinski definition) is 3. The fraction of sp³-hybridized carbons (Fsp3) is 0.500. The monoisotopic (exact) mass is 210 g/mol. The van der Waals surface area contributed by atoms with E-state index in [9.17, 15) is 4.79 Å². The van der Waals surface area contributed by atoms with Gasteiger partial charge in [-0.05, 0) is 41.8 Å². The number of carbonyl (C=O) groups is 1. The maximum atomic E-state index is 11.6. The standard InChI is InChI=1S/C10H14N2OS/c13-10(9-2-1-4-11-9)12-6-8-3-5-14-7-8/h3,5,7,9,11H,1-2,4,6H2,(H,12,13)/t9-/m1/s1. The van der Waals surface area contributed by atoms with Crippen LogP contribution in [0.4, 0.5) is 0 Å². The van der Waals surface area contributed by atoms with E-state index in [0.29, 0.717) is 6.54 Å². The maximum absolute atomic E-state index is 11.6. The van der Waals surface area contributed by atoms with E-state index < -0.39 is 0 Å². The third-order valence-corrected chi connectivity index (χ3v) is 3.16. The average molecular weight is 210 g/mol. The molecule has 1 fully saturated rings. The Morgan fingerprint density at radius 2 is 2.64 bits per heavy atom. The summed E-state index contributed by atoms with van der Waals surface area (Å²) in [6.45, 7) is 1.62. The van der Waals surface area contributed by atoms with Gasteiger partial charge in [0, 0.05) is 6.54 Å². The molecule has 0 aliphatic carbocycles. The molecule has 0 spiro atoms. The number of hydrogen-bond donors (Lipinski definition) is 2. The SMILES string of the molecule is O=C(NCc1ccsc1)[C@H]1CCCN1. The van der Waals surface area contributed by atoms with Crippen LogP contribution in [0.25, 0.3) is 0 Å². The minimum absolute atomic E-state index is 0.0358. The fourth-order valence-corrected chi connectivity index (χ4v) is 2.28. The average Bonchev–Trinajstić information content (AvgIpc) is 2.87. The zero-order valence-electron chi connectivity index (χ0n) is 7.95. The molecule has 0 bridgehead atoms. The van der Waals surface area contributed by atoms with Crippen molar-refractivity contribution in [1.82, 2.24) is 10.6 Å². The first-order chi connectivity index (χ1) is 6.86. The Morgan fingerprint density at radius 1 is 1.71 bits per heavy atom. The van der Waals surface area contributed by atoms with E-state index >= 15 is 0 Å². The molecule has 1 amide bonds. The van der Waals surface area contributed by atoms with Crippen LogP contribution < -0.4 is 10.6 Å². The van der Waals surface area contributed by atoms with Gasteiger partial charge in [0.1, 0.15) is 0 Å². The Labute approximate surface area is 87.5 Å². The van der Waals surface area contributed by atoms with Gasteiger partial charge in [0.05, 0.1) is 6.04 Å². The lowest BCUT2D eigenvalue weighted by atomic mass is 10.2. The van der Waals surface area contributed by atoms with Crippen molar-refractivity contribution in [2.24, 2.45) is 0 Å². The Kier molecular flexibility index (Phi) is 3.16. The van der Waals surface area contributed by atoms with E-state index in [1.807, 2.05) is 11.4 Å². The lowest BCUT2D eigenvalue weighted by molar-refractivity contribution is -0.122. The molecule has 1 atom stereocenters. The normalized spacial score (nSPS) is 21.0. The van der Waals surface area contributed by atoms with E-state index in [2.05, 4.69) is 16.0 Å². The quantitative estimate of drug-likeness (QED) is 0.785. The summed E-state index contributed by atoms with van der Waals surface area (Å²) < 4.78 is 0. The second-order valence-corrected chi connectivity index (χ2v) is 4.28. The first-order valence-electron chi connectivity index (χ1n) is 4.88. The van der Waals surface area contributed by atoms with Crippen molar-refractivity contribution in [2.45, 2.75) is 25.4 Å². The highest BCUT2D eigenvalue weighted by atomic mass is 32.1. The molecule has 1 aromatic rings. The molecular weight excluding hydrogens is 196 g/mol. The van der Waals surface area contributed by atoms with Crippen LogP contribution in [-0.4, -0.2) is 18.5 Å². The first kappa shape index (κ1) is 9.68. The van der Waals surface area contributed by atoms with Crippen molar-refractivity contribution in [2.75, 3.05) is 6.54 Å². The molecule has 1 aliphatic rings. The second-order valence-electron chi connectivity index (χ2n) is 3.50. The predicted molar refractivity (Wildman–Crippen MR) is 57.2 cm³/mol. The number of rotatable bonds is 3. The Balaban J connectivity index is 1.77. The predicted octanol–water partition coefficient (Wildman–Crippen LogP) is 1.12. The van der Waals surface area contributed by atoms with E-state index in [1.54, 1.807) is 11.3 Å². The van der Waals surface area contributed by atoms with Gasteiger partial charge in [-0.15, -0.1) is 0 Å². The largest absolute Gasteiger partial charge is 0.351 e. The van der Waals surface area contributed by atoms with Gasteiger partial charge in [-0.3, -0.25) is 4.79 Å². The van der Waals surface area contributed by atoms with E-state index in [1.165, 1.54) is 5.56 Å². The molecule has 3 nitrogen and oxygen atoms in total. The summed E-state index contributed by atoms with van der Waals surface area (Å²) in [7, 11) is 0. The topological polar surface area (TPSA) is 41.1 Å². The highest BCUT2D eigenvalue weighted by Gasteiger charge is 2.21. The van der Waals surface area contributed by atoms with Gasteiger partial charge in [-0.2, -0.15) is 11.3 Å². The number of amides is 1. The van der Waals surface area contributed by atoms with E-state index in [-0.39, 0.29) is 11.9 Å². The summed E-state index contributed by atoms with van der Waals surface area (Å²) in [6, 6.07) is 2.07.